The third-order valence-corrected chi connectivity index (χ3v) is 3.72. The Balaban J connectivity index is 3.17. The van der Waals surface area contributed by atoms with Crippen LogP contribution in [0.1, 0.15) is 40.8 Å². The SMILES string of the molecule is CCNCC(NC)c1c(C)c(C)cc(C)c1C. The lowest BCUT2D eigenvalue weighted by atomic mass is 9.89. The topological polar surface area (TPSA) is 24.1 Å². The second-order valence-electron chi connectivity index (χ2n) is 4.82. The fourth-order valence-corrected chi connectivity index (χ4v) is 2.41. The molecule has 0 aromatic heterocycles. The van der Waals surface area contributed by atoms with Crippen LogP contribution < -0.4 is 10.6 Å². The summed E-state index contributed by atoms with van der Waals surface area (Å²) in [5.41, 5.74) is 7.08. The summed E-state index contributed by atoms with van der Waals surface area (Å²) in [4.78, 5) is 0. The van der Waals surface area contributed by atoms with Crippen molar-refractivity contribution in [2.75, 3.05) is 20.1 Å². The van der Waals surface area contributed by atoms with Gasteiger partial charge in [0.2, 0.25) is 0 Å². The molecule has 0 saturated heterocycles. The fourth-order valence-electron chi connectivity index (χ4n) is 2.41. The first-order valence-electron chi connectivity index (χ1n) is 6.48. The number of hydrogen-bond donors (Lipinski definition) is 2. The molecular formula is C15H26N2. The average Bonchev–Trinajstić information content (AvgIpc) is 2.31. The van der Waals surface area contributed by atoms with Crippen LogP contribution in [0.4, 0.5) is 0 Å². The lowest BCUT2D eigenvalue weighted by Crippen LogP contribution is -2.30. The highest BCUT2D eigenvalue weighted by Crippen LogP contribution is 2.26. The summed E-state index contributed by atoms with van der Waals surface area (Å²) >= 11 is 0. The zero-order valence-corrected chi connectivity index (χ0v) is 12.1. The Hall–Kier alpha value is -0.860. The minimum atomic E-state index is 0.397. The van der Waals surface area contributed by atoms with Gasteiger partial charge in [-0.15, -0.1) is 0 Å². The van der Waals surface area contributed by atoms with Crippen LogP contribution in [-0.4, -0.2) is 20.1 Å². The normalized spacial score (nSPS) is 12.8. The Morgan fingerprint density at radius 3 is 2.00 bits per heavy atom. The predicted molar refractivity (Wildman–Crippen MR) is 75.7 cm³/mol. The molecule has 1 unspecified atom stereocenters. The van der Waals surface area contributed by atoms with Crippen LogP contribution in [0.25, 0.3) is 0 Å². The van der Waals surface area contributed by atoms with Gasteiger partial charge >= 0.3 is 0 Å². The summed E-state index contributed by atoms with van der Waals surface area (Å²) in [6.07, 6.45) is 0. The van der Waals surface area contributed by atoms with Crippen LogP contribution in [0.15, 0.2) is 6.07 Å². The van der Waals surface area contributed by atoms with Gasteiger partial charge in [-0.05, 0) is 69.1 Å². The smallest absolute Gasteiger partial charge is 0.0449 e. The molecule has 0 heterocycles. The summed E-state index contributed by atoms with van der Waals surface area (Å²) in [5, 5.41) is 6.86. The van der Waals surface area contributed by atoms with Gasteiger partial charge in [-0.1, -0.05) is 13.0 Å². The molecule has 0 radical (unpaired) electrons. The van der Waals surface area contributed by atoms with Gasteiger partial charge in [0.1, 0.15) is 0 Å². The van der Waals surface area contributed by atoms with Gasteiger partial charge in [-0.25, -0.2) is 0 Å². The van der Waals surface area contributed by atoms with Crippen LogP contribution >= 0.6 is 0 Å². The third-order valence-electron chi connectivity index (χ3n) is 3.72. The second kappa shape index (κ2) is 6.18. The van der Waals surface area contributed by atoms with E-state index in [1.165, 1.54) is 27.8 Å². The van der Waals surface area contributed by atoms with Crippen molar-refractivity contribution in [1.29, 1.82) is 0 Å². The van der Waals surface area contributed by atoms with Gasteiger partial charge in [-0.3, -0.25) is 0 Å². The molecule has 1 aromatic carbocycles. The maximum Gasteiger partial charge on any atom is 0.0449 e. The molecule has 0 bridgehead atoms. The van der Waals surface area contributed by atoms with Crippen LogP contribution in [0.2, 0.25) is 0 Å². The molecule has 17 heavy (non-hydrogen) atoms. The maximum atomic E-state index is 3.43. The summed E-state index contributed by atoms with van der Waals surface area (Å²) in [6.45, 7) is 13.0. The number of benzene rings is 1. The van der Waals surface area contributed by atoms with Gasteiger partial charge in [-0.2, -0.15) is 0 Å². The van der Waals surface area contributed by atoms with Crippen molar-refractivity contribution >= 4 is 0 Å². The van der Waals surface area contributed by atoms with E-state index in [9.17, 15) is 0 Å². The standard InChI is InChI=1S/C15H26N2/c1-7-17-9-14(16-6)15-12(4)10(2)8-11(3)13(15)5/h8,14,16-17H,7,9H2,1-6H3. The first-order chi connectivity index (χ1) is 8.02. The van der Waals surface area contributed by atoms with Crippen molar-refractivity contribution in [1.82, 2.24) is 10.6 Å². The van der Waals surface area contributed by atoms with Gasteiger partial charge in [0.15, 0.2) is 0 Å². The summed E-state index contributed by atoms with van der Waals surface area (Å²) in [7, 11) is 2.04. The molecular weight excluding hydrogens is 208 g/mol. The monoisotopic (exact) mass is 234 g/mol. The highest BCUT2D eigenvalue weighted by atomic mass is 15.0. The molecule has 0 aliphatic rings. The number of rotatable bonds is 5. The van der Waals surface area contributed by atoms with Gasteiger partial charge in [0, 0.05) is 12.6 Å². The molecule has 0 spiro atoms. The number of likely N-dealkylation sites (N-methyl/N-ethyl adjacent to an activating group) is 2. The van der Waals surface area contributed by atoms with Crippen LogP contribution in [0, 0.1) is 27.7 Å². The molecule has 1 atom stereocenters. The number of nitrogens with one attached hydrogen (secondary N) is 2. The molecule has 2 N–H and O–H groups in total. The second-order valence-corrected chi connectivity index (χ2v) is 4.82. The average molecular weight is 234 g/mol. The van der Waals surface area contributed by atoms with E-state index in [4.69, 9.17) is 0 Å². The van der Waals surface area contributed by atoms with Crippen LogP contribution in [0.3, 0.4) is 0 Å². The Morgan fingerprint density at radius 1 is 1.06 bits per heavy atom. The van der Waals surface area contributed by atoms with E-state index in [-0.39, 0.29) is 0 Å². The van der Waals surface area contributed by atoms with Gasteiger partial charge in [0.25, 0.3) is 0 Å². The summed E-state index contributed by atoms with van der Waals surface area (Å²) < 4.78 is 0. The maximum absolute atomic E-state index is 3.43. The number of hydrogen-bond acceptors (Lipinski definition) is 2. The summed E-state index contributed by atoms with van der Waals surface area (Å²) in [6, 6.07) is 2.68. The highest BCUT2D eigenvalue weighted by molar-refractivity contribution is 5.45. The van der Waals surface area contributed by atoms with E-state index in [0.29, 0.717) is 6.04 Å². The van der Waals surface area contributed by atoms with Crippen molar-refractivity contribution in [2.45, 2.75) is 40.7 Å². The third kappa shape index (κ3) is 3.08. The zero-order chi connectivity index (χ0) is 13.0. The zero-order valence-electron chi connectivity index (χ0n) is 12.1. The Kier molecular flexibility index (Phi) is 5.16. The van der Waals surface area contributed by atoms with Crippen LogP contribution in [-0.2, 0) is 0 Å². The van der Waals surface area contributed by atoms with E-state index in [1.807, 2.05) is 7.05 Å². The minimum Gasteiger partial charge on any atom is -0.315 e. The minimum absolute atomic E-state index is 0.397. The molecule has 0 aliphatic heterocycles. The quantitative estimate of drug-likeness (QED) is 0.818. The Morgan fingerprint density at radius 2 is 1.59 bits per heavy atom. The number of aryl methyl sites for hydroxylation is 2. The Bertz CT molecular complexity index is 357. The highest BCUT2D eigenvalue weighted by Gasteiger charge is 2.16. The molecule has 1 aromatic rings. The van der Waals surface area contributed by atoms with E-state index >= 15 is 0 Å². The molecule has 2 nitrogen and oxygen atoms in total. The van der Waals surface area contributed by atoms with E-state index in [1.54, 1.807) is 0 Å². The van der Waals surface area contributed by atoms with Crippen molar-refractivity contribution in [2.24, 2.45) is 0 Å². The fraction of sp³-hybridized carbons (Fsp3) is 0.600. The molecule has 96 valence electrons. The lowest BCUT2D eigenvalue weighted by Gasteiger charge is -2.24. The first-order valence-corrected chi connectivity index (χ1v) is 6.48. The van der Waals surface area contributed by atoms with Crippen molar-refractivity contribution in [3.63, 3.8) is 0 Å². The van der Waals surface area contributed by atoms with Gasteiger partial charge in [0.05, 0.1) is 0 Å². The van der Waals surface area contributed by atoms with Crippen molar-refractivity contribution < 1.29 is 0 Å². The summed E-state index contributed by atoms with van der Waals surface area (Å²) in [5.74, 6) is 0. The molecule has 0 amide bonds. The largest absolute Gasteiger partial charge is 0.315 e. The molecule has 0 aliphatic carbocycles. The molecule has 0 saturated carbocycles. The predicted octanol–water partition coefficient (Wildman–Crippen LogP) is 2.79. The van der Waals surface area contributed by atoms with Gasteiger partial charge < -0.3 is 10.6 Å². The molecule has 0 fully saturated rings. The molecule has 1 rings (SSSR count). The van der Waals surface area contributed by atoms with Crippen LogP contribution in [0.5, 0.6) is 0 Å². The van der Waals surface area contributed by atoms with E-state index < -0.39 is 0 Å². The first kappa shape index (κ1) is 14.2. The van der Waals surface area contributed by atoms with Crippen molar-refractivity contribution in [3.8, 4) is 0 Å². The molecule has 2 heteroatoms. The lowest BCUT2D eigenvalue weighted by molar-refractivity contribution is 0.533. The van der Waals surface area contributed by atoms with E-state index in [2.05, 4.69) is 51.3 Å². The van der Waals surface area contributed by atoms with Crippen molar-refractivity contribution in [3.05, 3.63) is 33.9 Å². The Labute approximate surface area is 106 Å². The van der Waals surface area contributed by atoms with E-state index in [0.717, 1.165) is 13.1 Å².